The summed E-state index contributed by atoms with van der Waals surface area (Å²) in [4.78, 5) is 150. The molecular formula is C40H68N10O17. The second kappa shape index (κ2) is 29.9. The molecule has 27 nitrogen and oxygen atoms in total. The number of carboxylic acids is 3. The second-order valence-electron chi connectivity index (χ2n) is 16.8. The lowest BCUT2D eigenvalue weighted by atomic mass is 10.0. The van der Waals surface area contributed by atoms with Crippen LogP contribution >= 0.6 is 0 Å². The lowest BCUT2D eigenvalue weighted by molar-refractivity contribution is -0.144. The summed E-state index contributed by atoms with van der Waals surface area (Å²) in [6.07, 6.45) is -3.68. The molecule has 0 aromatic heterocycles. The minimum Gasteiger partial charge on any atom is -0.481 e. The van der Waals surface area contributed by atoms with E-state index >= 15 is 0 Å². The maximum Gasteiger partial charge on any atom is 0.326 e. The van der Waals surface area contributed by atoms with Gasteiger partial charge in [0.2, 0.25) is 53.2 Å². The SMILES string of the molecule is CC(C)C[C@H](NC(=O)[C@H](CO)NC(=O)[C@@H](NC(=O)[C@@H](NC(=O)[C@@H](N)C(C)C)[C@@H](C)O)C(C)C)C(=O)N[C@@H](C)C(=O)NCC(=O)NCC(=O)N[C@@H](CCC(=O)O)C(=O)N[C@@H](CCC(=O)O)C(=O)O. The number of carboxylic acid groups (broad SMARTS) is 3. The quantitative estimate of drug-likeness (QED) is 0.0308. The number of carbonyl (C=O) groups excluding carboxylic acids is 9. The van der Waals surface area contributed by atoms with Gasteiger partial charge in [0, 0.05) is 12.8 Å². The molecular weight excluding hydrogens is 892 g/mol. The number of aliphatic hydroxyl groups excluding tert-OH is 2. The first-order valence-corrected chi connectivity index (χ1v) is 21.4. The topological polar surface area (TPSA) is 440 Å². The number of rotatable bonds is 31. The Morgan fingerprint density at radius 1 is 0.478 bits per heavy atom. The standard InChI is InChI=1S/C40H68N10O17/c1-17(2)13-24(47-36(62)25(16-51)48-38(64)31(19(5)6)49-39(65)32(21(8)52)50-37(63)30(41)18(3)4)35(61)44-20(7)33(59)43-14-26(53)42-15-27(54)45-22(9-11-28(55)56)34(60)46-23(40(66)67)10-12-29(57)58/h17-25,30-32,51-52H,9-16,41H2,1-8H3,(H,42,53)(H,43,59)(H,44,61)(H,45,54)(H,46,60)(H,47,62)(H,48,64)(H,49,65)(H,50,63)(H,55,56)(H,57,58)(H,66,67)/t20-,21+,22-,23-,24-,25-,30-,31-,32-/m0/s1. The highest BCUT2D eigenvalue weighted by atomic mass is 16.4. The fraction of sp³-hybridized carbons (Fsp3) is 0.700. The van der Waals surface area contributed by atoms with Crippen molar-refractivity contribution in [2.24, 2.45) is 23.5 Å². The Morgan fingerprint density at radius 3 is 1.42 bits per heavy atom. The van der Waals surface area contributed by atoms with Crippen molar-refractivity contribution in [3.63, 3.8) is 0 Å². The lowest BCUT2D eigenvalue weighted by Crippen LogP contribution is -2.62. The molecule has 9 amide bonds. The number of carbonyl (C=O) groups is 12. The van der Waals surface area contributed by atoms with Crippen molar-refractivity contribution in [2.45, 2.75) is 142 Å². The molecule has 0 saturated heterocycles. The number of nitrogens with one attached hydrogen (secondary N) is 9. The third-order valence-electron chi connectivity index (χ3n) is 9.67. The van der Waals surface area contributed by atoms with Crippen LogP contribution in [0.15, 0.2) is 0 Å². The third kappa shape index (κ3) is 23.5. The fourth-order valence-corrected chi connectivity index (χ4v) is 5.69. The molecule has 0 rings (SSSR count). The Hall–Kier alpha value is -6.48. The molecule has 0 fully saturated rings. The van der Waals surface area contributed by atoms with Crippen LogP contribution in [0, 0.1) is 17.8 Å². The smallest absolute Gasteiger partial charge is 0.326 e. The summed E-state index contributed by atoms with van der Waals surface area (Å²) in [5.74, 6) is -13.9. The minimum absolute atomic E-state index is 0.00373. The van der Waals surface area contributed by atoms with Crippen LogP contribution in [0.4, 0.5) is 0 Å². The third-order valence-corrected chi connectivity index (χ3v) is 9.67. The number of hydrogen-bond acceptors (Lipinski definition) is 15. The van der Waals surface area contributed by atoms with E-state index in [2.05, 4.69) is 42.5 Å². The zero-order chi connectivity index (χ0) is 51.9. The van der Waals surface area contributed by atoms with Gasteiger partial charge in [-0.1, -0.05) is 41.5 Å². The number of aliphatic carboxylic acids is 3. The van der Waals surface area contributed by atoms with Crippen molar-refractivity contribution in [2.75, 3.05) is 19.7 Å². The average Bonchev–Trinajstić information content (AvgIpc) is 3.23. The Morgan fingerprint density at radius 2 is 0.940 bits per heavy atom. The summed E-state index contributed by atoms with van der Waals surface area (Å²) < 4.78 is 0. The summed E-state index contributed by atoms with van der Waals surface area (Å²) in [6.45, 7) is 9.89. The zero-order valence-electron chi connectivity index (χ0n) is 38.8. The first-order chi connectivity index (χ1) is 31.0. The minimum atomic E-state index is -1.68. The van der Waals surface area contributed by atoms with Crippen LogP contribution in [0.2, 0.25) is 0 Å². The molecule has 0 aromatic carbocycles. The van der Waals surface area contributed by atoms with Crippen molar-refractivity contribution < 1.29 is 83.1 Å². The van der Waals surface area contributed by atoms with E-state index in [9.17, 15) is 72.9 Å². The molecule has 16 N–H and O–H groups in total. The Labute approximate surface area is 386 Å². The Bertz CT molecular complexity index is 1780. The van der Waals surface area contributed by atoms with Gasteiger partial charge in [0.15, 0.2) is 0 Å². The van der Waals surface area contributed by atoms with Gasteiger partial charge < -0.3 is 79.1 Å². The predicted molar refractivity (Wildman–Crippen MR) is 232 cm³/mol. The summed E-state index contributed by atoms with van der Waals surface area (Å²) in [6, 6.07) is -11.4. The molecule has 27 heteroatoms. The van der Waals surface area contributed by atoms with Crippen molar-refractivity contribution in [3.05, 3.63) is 0 Å². The molecule has 0 radical (unpaired) electrons. The van der Waals surface area contributed by atoms with E-state index in [0.717, 1.165) is 0 Å². The predicted octanol–water partition coefficient (Wildman–Crippen LogP) is -5.50. The summed E-state index contributed by atoms with van der Waals surface area (Å²) in [7, 11) is 0. The number of aliphatic hydroxyl groups is 2. The highest BCUT2D eigenvalue weighted by Crippen LogP contribution is 2.09. The normalized spacial score (nSPS) is 15.1. The number of amides is 9. The molecule has 0 heterocycles. The van der Waals surface area contributed by atoms with Crippen LogP contribution in [0.25, 0.3) is 0 Å². The molecule has 380 valence electrons. The molecule has 0 saturated carbocycles. The van der Waals surface area contributed by atoms with E-state index in [0.29, 0.717) is 0 Å². The molecule has 0 aliphatic carbocycles. The van der Waals surface area contributed by atoms with Crippen molar-refractivity contribution in [3.8, 4) is 0 Å². The first-order valence-electron chi connectivity index (χ1n) is 21.4. The molecule has 0 aliphatic rings. The van der Waals surface area contributed by atoms with Crippen LogP contribution in [-0.2, 0) is 57.5 Å². The summed E-state index contributed by atoms with van der Waals surface area (Å²) in [5, 5.41) is 68.0. The van der Waals surface area contributed by atoms with E-state index < -0.39 is 177 Å². The number of nitrogens with two attached hydrogens (primary N) is 1. The largest absolute Gasteiger partial charge is 0.481 e. The van der Waals surface area contributed by atoms with Gasteiger partial charge in [-0.05, 0) is 50.9 Å². The fourth-order valence-electron chi connectivity index (χ4n) is 5.69. The maximum atomic E-state index is 13.4. The van der Waals surface area contributed by atoms with Gasteiger partial charge in [0.25, 0.3) is 0 Å². The molecule has 0 aromatic rings. The van der Waals surface area contributed by atoms with E-state index in [1.54, 1.807) is 41.5 Å². The molecule has 0 unspecified atom stereocenters. The van der Waals surface area contributed by atoms with Crippen LogP contribution in [0.5, 0.6) is 0 Å². The molecule has 9 atom stereocenters. The van der Waals surface area contributed by atoms with Crippen molar-refractivity contribution in [1.29, 1.82) is 0 Å². The zero-order valence-corrected chi connectivity index (χ0v) is 38.8. The average molecular weight is 961 g/mol. The molecule has 0 aliphatic heterocycles. The number of hydrogen-bond donors (Lipinski definition) is 15. The maximum absolute atomic E-state index is 13.4. The summed E-state index contributed by atoms with van der Waals surface area (Å²) in [5.41, 5.74) is 5.86. The molecule has 0 spiro atoms. The van der Waals surface area contributed by atoms with E-state index in [-0.39, 0.29) is 18.3 Å². The van der Waals surface area contributed by atoms with Crippen LogP contribution < -0.4 is 53.6 Å². The first kappa shape index (κ1) is 60.5. The van der Waals surface area contributed by atoms with Gasteiger partial charge in [0.1, 0.15) is 42.3 Å². The van der Waals surface area contributed by atoms with Crippen molar-refractivity contribution >= 4 is 71.1 Å². The van der Waals surface area contributed by atoms with Gasteiger partial charge in [-0.3, -0.25) is 52.7 Å². The van der Waals surface area contributed by atoms with Gasteiger partial charge in [0.05, 0.1) is 31.8 Å². The van der Waals surface area contributed by atoms with Crippen LogP contribution in [0.3, 0.4) is 0 Å². The van der Waals surface area contributed by atoms with Gasteiger partial charge >= 0.3 is 17.9 Å². The van der Waals surface area contributed by atoms with Crippen molar-refractivity contribution in [1.82, 2.24) is 47.9 Å². The molecule has 67 heavy (non-hydrogen) atoms. The van der Waals surface area contributed by atoms with E-state index in [1.165, 1.54) is 13.8 Å². The highest BCUT2D eigenvalue weighted by molar-refractivity contribution is 5.98. The lowest BCUT2D eigenvalue weighted by Gasteiger charge is -2.29. The Kier molecular flexibility index (Phi) is 27.0. The van der Waals surface area contributed by atoms with Gasteiger partial charge in [-0.25, -0.2) is 4.79 Å². The van der Waals surface area contributed by atoms with Crippen LogP contribution in [-0.4, -0.2) is 171 Å². The molecule has 0 bridgehead atoms. The second-order valence-corrected chi connectivity index (χ2v) is 16.8. The summed E-state index contributed by atoms with van der Waals surface area (Å²) >= 11 is 0. The Balaban J connectivity index is 5.56. The van der Waals surface area contributed by atoms with Crippen LogP contribution in [0.1, 0.15) is 87.5 Å². The van der Waals surface area contributed by atoms with E-state index in [4.69, 9.17) is 15.9 Å². The van der Waals surface area contributed by atoms with Gasteiger partial charge in [-0.2, -0.15) is 0 Å². The van der Waals surface area contributed by atoms with Gasteiger partial charge in [-0.15, -0.1) is 0 Å². The monoisotopic (exact) mass is 960 g/mol. The highest BCUT2D eigenvalue weighted by Gasteiger charge is 2.35. The van der Waals surface area contributed by atoms with E-state index in [1.807, 2.05) is 5.32 Å².